The number of likely N-dealkylation sites (N-methyl/N-ethyl adjacent to an activating group) is 1. The molecule has 1 N–H and O–H groups in total. The van der Waals surface area contributed by atoms with Crippen LogP contribution in [0.15, 0.2) is 30.3 Å². The number of carbonyl (C=O) groups excluding carboxylic acids is 1. The summed E-state index contributed by atoms with van der Waals surface area (Å²) in [5.74, 6) is 0.120. The van der Waals surface area contributed by atoms with Gasteiger partial charge in [0.15, 0.2) is 0 Å². The highest BCUT2D eigenvalue weighted by atomic mass is 35.5. The Morgan fingerprint density at radius 1 is 1.35 bits per heavy atom. The van der Waals surface area contributed by atoms with Crippen LogP contribution in [0, 0.1) is 0 Å². The maximum atomic E-state index is 12.1. The molecule has 1 saturated heterocycles. The Kier molecular flexibility index (Phi) is 5.45. The summed E-state index contributed by atoms with van der Waals surface area (Å²) in [6, 6.07) is 9.81. The molecule has 1 fully saturated rings. The molecule has 1 heterocycles. The fourth-order valence-electron chi connectivity index (χ4n) is 2.11. The molecule has 17 heavy (non-hydrogen) atoms. The van der Waals surface area contributed by atoms with E-state index >= 15 is 0 Å². The third kappa shape index (κ3) is 3.45. The molecule has 1 amide bonds. The lowest BCUT2D eigenvalue weighted by Crippen LogP contribution is -2.46. The van der Waals surface area contributed by atoms with E-state index in [0.717, 1.165) is 31.5 Å². The molecule has 0 unspecified atom stereocenters. The lowest BCUT2D eigenvalue weighted by Gasteiger charge is -2.31. The van der Waals surface area contributed by atoms with Crippen molar-refractivity contribution in [3.05, 3.63) is 35.9 Å². The number of hydrogen-bond donors (Lipinski definition) is 1. The number of benzene rings is 1. The second-order valence-corrected chi connectivity index (χ2v) is 4.28. The van der Waals surface area contributed by atoms with E-state index < -0.39 is 0 Å². The number of nitrogens with zero attached hydrogens (tertiary/aromatic N) is 1. The lowest BCUT2D eigenvalue weighted by molar-refractivity contribution is 0.0708. The molecule has 0 aromatic heterocycles. The Hall–Kier alpha value is -1.06. The largest absolute Gasteiger partial charge is 0.337 e. The van der Waals surface area contributed by atoms with Crippen molar-refractivity contribution in [2.75, 3.05) is 20.1 Å². The van der Waals surface area contributed by atoms with Gasteiger partial charge in [-0.1, -0.05) is 18.2 Å². The topological polar surface area (TPSA) is 32.3 Å². The molecule has 0 radical (unpaired) electrons. The Morgan fingerprint density at radius 3 is 2.65 bits per heavy atom. The molecule has 94 valence electrons. The lowest BCUT2D eigenvalue weighted by atomic mass is 10.1. The number of hydrogen-bond acceptors (Lipinski definition) is 2. The summed E-state index contributed by atoms with van der Waals surface area (Å²) in [6.45, 7) is 1.99. The second-order valence-electron chi connectivity index (χ2n) is 4.28. The molecule has 1 aliphatic rings. The monoisotopic (exact) mass is 254 g/mol. The van der Waals surface area contributed by atoms with E-state index in [4.69, 9.17) is 0 Å². The molecule has 1 aromatic carbocycles. The van der Waals surface area contributed by atoms with Gasteiger partial charge in [0.2, 0.25) is 0 Å². The molecule has 1 atom stereocenters. The van der Waals surface area contributed by atoms with Gasteiger partial charge in [-0.05, 0) is 31.5 Å². The number of nitrogens with one attached hydrogen (secondary N) is 1. The predicted molar refractivity (Wildman–Crippen MR) is 71.7 cm³/mol. The first kappa shape index (κ1) is 14.0. The van der Waals surface area contributed by atoms with Crippen LogP contribution in [-0.2, 0) is 0 Å². The first-order valence-electron chi connectivity index (χ1n) is 5.82. The minimum absolute atomic E-state index is 0. The molecular weight excluding hydrogens is 236 g/mol. The fourth-order valence-corrected chi connectivity index (χ4v) is 2.11. The van der Waals surface area contributed by atoms with E-state index in [1.165, 1.54) is 0 Å². The van der Waals surface area contributed by atoms with Crippen molar-refractivity contribution in [1.29, 1.82) is 0 Å². The van der Waals surface area contributed by atoms with Gasteiger partial charge in [0, 0.05) is 25.2 Å². The quantitative estimate of drug-likeness (QED) is 0.875. The molecule has 0 aliphatic carbocycles. The van der Waals surface area contributed by atoms with Crippen LogP contribution in [0.3, 0.4) is 0 Å². The van der Waals surface area contributed by atoms with Gasteiger partial charge in [-0.2, -0.15) is 0 Å². The summed E-state index contributed by atoms with van der Waals surface area (Å²) in [6.07, 6.45) is 2.25. The summed E-state index contributed by atoms with van der Waals surface area (Å²) in [4.78, 5) is 14.0. The highest BCUT2D eigenvalue weighted by Gasteiger charge is 2.22. The van der Waals surface area contributed by atoms with Crippen molar-refractivity contribution >= 4 is 18.3 Å². The zero-order valence-electron chi connectivity index (χ0n) is 10.1. The van der Waals surface area contributed by atoms with Gasteiger partial charge in [0.05, 0.1) is 0 Å². The molecule has 0 saturated carbocycles. The number of rotatable bonds is 2. The van der Waals surface area contributed by atoms with Crippen molar-refractivity contribution in [2.24, 2.45) is 0 Å². The molecule has 0 bridgehead atoms. The van der Waals surface area contributed by atoms with Crippen molar-refractivity contribution in [1.82, 2.24) is 10.2 Å². The Bertz CT molecular complexity index is 350. The Balaban J connectivity index is 0.00000144. The first-order valence-corrected chi connectivity index (χ1v) is 5.82. The van der Waals surface area contributed by atoms with E-state index in [2.05, 4.69) is 5.32 Å². The molecule has 1 aromatic rings. The number of carbonyl (C=O) groups is 1. The van der Waals surface area contributed by atoms with Crippen LogP contribution in [0.1, 0.15) is 23.2 Å². The van der Waals surface area contributed by atoms with Crippen LogP contribution in [0.5, 0.6) is 0 Å². The average molecular weight is 255 g/mol. The van der Waals surface area contributed by atoms with Crippen molar-refractivity contribution in [3.63, 3.8) is 0 Å². The van der Waals surface area contributed by atoms with Gasteiger partial charge >= 0.3 is 0 Å². The van der Waals surface area contributed by atoms with Crippen LogP contribution in [0.2, 0.25) is 0 Å². The van der Waals surface area contributed by atoms with E-state index in [9.17, 15) is 4.79 Å². The van der Waals surface area contributed by atoms with Crippen molar-refractivity contribution in [3.8, 4) is 0 Å². The van der Waals surface area contributed by atoms with Gasteiger partial charge in [-0.25, -0.2) is 0 Å². The van der Waals surface area contributed by atoms with Crippen molar-refractivity contribution in [2.45, 2.75) is 18.9 Å². The maximum absolute atomic E-state index is 12.1. The summed E-state index contributed by atoms with van der Waals surface area (Å²) >= 11 is 0. The van der Waals surface area contributed by atoms with Crippen LogP contribution in [0.25, 0.3) is 0 Å². The molecule has 3 nitrogen and oxygen atoms in total. The second kappa shape index (κ2) is 6.62. The molecule has 0 spiro atoms. The minimum Gasteiger partial charge on any atom is -0.337 e. The molecular formula is C13H19ClN2O. The summed E-state index contributed by atoms with van der Waals surface area (Å²) in [7, 11) is 1.90. The Labute approximate surface area is 109 Å². The normalized spacial score (nSPS) is 19.2. The van der Waals surface area contributed by atoms with Gasteiger partial charge < -0.3 is 10.2 Å². The molecule has 2 rings (SSSR count). The number of piperidine rings is 1. The van der Waals surface area contributed by atoms with E-state index in [1.807, 2.05) is 42.3 Å². The zero-order valence-corrected chi connectivity index (χ0v) is 10.9. The van der Waals surface area contributed by atoms with Gasteiger partial charge in [-0.15, -0.1) is 12.4 Å². The van der Waals surface area contributed by atoms with Crippen molar-refractivity contribution < 1.29 is 4.79 Å². The smallest absolute Gasteiger partial charge is 0.253 e. The highest BCUT2D eigenvalue weighted by Crippen LogP contribution is 2.12. The summed E-state index contributed by atoms with van der Waals surface area (Å²) in [5.41, 5.74) is 0.774. The number of amides is 1. The van der Waals surface area contributed by atoms with Crippen LogP contribution < -0.4 is 5.32 Å². The van der Waals surface area contributed by atoms with E-state index in [1.54, 1.807) is 0 Å². The van der Waals surface area contributed by atoms with E-state index in [-0.39, 0.29) is 18.3 Å². The highest BCUT2D eigenvalue weighted by molar-refractivity contribution is 5.94. The average Bonchev–Trinajstić information content (AvgIpc) is 2.39. The third-order valence-electron chi connectivity index (χ3n) is 3.16. The molecule has 4 heteroatoms. The van der Waals surface area contributed by atoms with Crippen LogP contribution >= 0.6 is 12.4 Å². The van der Waals surface area contributed by atoms with Crippen LogP contribution in [-0.4, -0.2) is 37.0 Å². The Morgan fingerprint density at radius 2 is 2.06 bits per heavy atom. The van der Waals surface area contributed by atoms with E-state index in [0.29, 0.717) is 6.04 Å². The maximum Gasteiger partial charge on any atom is 0.253 e. The zero-order chi connectivity index (χ0) is 11.4. The minimum atomic E-state index is 0. The summed E-state index contributed by atoms with van der Waals surface area (Å²) in [5, 5.41) is 3.33. The third-order valence-corrected chi connectivity index (χ3v) is 3.16. The van der Waals surface area contributed by atoms with Gasteiger partial charge in [0.25, 0.3) is 5.91 Å². The molecule has 1 aliphatic heterocycles. The van der Waals surface area contributed by atoms with Crippen LogP contribution in [0.4, 0.5) is 0 Å². The van der Waals surface area contributed by atoms with Gasteiger partial charge in [-0.3, -0.25) is 4.79 Å². The van der Waals surface area contributed by atoms with Gasteiger partial charge in [0.1, 0.15) is 0 Å². The SMILES string of the molecule is CN(C(=O)c1ccccc1)[C@@H]1CCCNC1.Cl. The number of halogens is 1. The first-order chi connectivity index (χ1) is 7.79. The fraction of sp³-hybridized carbons (Fsp3) is 0.462. The predicted octanol–water partition coefficient (Wildman–Crippen LogP) is 1.93. The summed E-state index contributed by atoms with van der Waals surface area (Å²) < 4.78 is 0. The standard InChI is InChI=1S/C13H18N2O.ClH/c1-15(12-8-5-9-14-10-12)13(16)11-6-3-2-4-7-11;/h2-4,6-7,12,14H,5,8-10H2,1H3;1H/t12-;/m1./s1.